The number of hydrogen-bond donors (Lipinski definition) is 3. The highest BCUT2D eigenvalue weighted by Gasteiger charge is 2.10. The van der Waals surface area contributed by atoms with E-state index >= 15 is 0 Å². The Labute approximate surface area is 125 Å². The molecule has 20 heavy (non-hydrogen) atoms. The molecule has 0 spiro atoms. The number of fused-ring (bicyclic) bond motifs is 1. The molecule has 0 aliphatic rings. The molecule has 0 fully saturated rings. The van der Waals surface area contributed by atoms with Gasteiger partial charge in [-0.2, -0.15) is 0 Å². The quantitative estimate of drug-likeness (QED) is 0.695. The predicted octanol–water partition coefficient (Wildman–Crippen LogP) is 3.71. The van der Waals surface area contributed by atoms with Gasteiger partial charge in [-0.3, -0.25) is 0 Å². The third-order valence-electron chi connectivity index (χ3n) is 3.68. The number of aliphatic hydroxyl groups is 1. The van der Waals surface area contributed by atoms with Crippen molar-refractivity contribution in [3.63, 3.8) is 0 Å². The SMILES string of the molecule is CCCC(CCO)CNCc1[nH]c2ccccc2c1Cl. The second-order valence-electron chi connectivity index (χ2n) is 5.26. The summed E-state index contributed by atoms with van der Waals surface area (Å²) >= 11 is 6.38. The molecule has 2 aromatic rings. The Kier molecular flexibility index (Phi) is 5.89. The molecule has 1 unspecified atom stereocenters. The summed E-state index contributed by atoms with van der Waals surface area (Å²) < 4.78 is 0. The number of H-pyrrole nitrogens is 1. The van der Waals surface area contributed by atoms with E-state index < -0.39 is 0 Å². The fourth-order valence-corrected chi connectivity index (χ4v) is 2.90. The third kappa shape index (κ3) is 3.75. The van der Waals surface area contributed by atoms with E-state index in [9.17, 15) is 0 Å². The van der Waals surface area contributed by atoms with Crippen LogP contribution in [0.4, 0.5) is 0 Å². The van der Waals surface area contributed by atoms with E-state index in [1.165, 1.54) is 0 Å². The fourth-order valence-electron chi connectivity index (χ4n) is 2.63. The molecule has 0 amide bonds. The van der Waals surface area contributed by atoms with Crippen molar-refractivity contribution in [3.05, 3.63) is 35.0 Å². The first kappa shape index (κ1) is 15.4. The summed E-state index contributed by atoms with van der Waals surface area (Å²) in [6.07, 6.45) is 3.16. The molecule has 3 N–H and O–H groups in total. The zero-order valence-corrected chi connectivity index (χ0v) is 12.7. The van der Waals surface area contributed by atoms with Crippen molar-refractivity contribution in [1.82, 2.24) is 10.3 Å². The molecular formula is C16H23ClN2O. The van der Waals surface area contributed by atoms with E-state index in [2.05, 4.69) is 17.2 Å². The molecule has 0 saturated heterocycles. The summed E-state index contributed by atoms with van der Waals surface area (Å²) in [4.78, 5) is 3.36. The first-order valence-corrected chi connectivity index (χ1v) is 7.70. The second kappa shape index (κ2) is 7.67. The van der Waals surface area contributed by atoms with E-state index in [0.717, 1.165) is 54.0 Å². The number of para-hydroxylation sites is 1. The van der Waals surface area contributed by atoms with Gasteiger partial charge in [0, 0.05) is 29.7 Å². The lowest BCUT2D eigenvalue weighted by Gasteiger charge is -2.15. The number of aromatic amines is 1. The molecule has 0 radical (unpaired) electrons. The van der Waals surface area contributed by atoms with Gasteiger partial charge in [-0.25, -0.2) is 0 Å². The average molecular weight is 295 g/mol. The highest BCUT2D eigenvalue weighted by molar-refractivity contribution is 6.36. The normalized spacial score (nSPS) is 12.9. The van der Waals surface area contributed by atoms with Crippen LogP contribution in [0.25, 0.3) is 10.9 Å². The molecule has 3 nitrogen and oxygen atoms in total. The maximum Gasteiger partial charge on any atom is 0.0705 e. The van der Waals surface area contributed by atoms with Gasteiger partial charge in [0.05, 0.1) is 5.02 Å². The fraction of sp³-hybridized carbons (Fsp3) is 0.500. The first-order valence-electron chi connectivity index (χ1n) is 7.33. The van der Waals surface area contributed by atoms with Crippen LogP contribution in [0.1, 0.15) is 31.9 Å². The van der Waals surface area contributed by atoms with E-state index in [1.54, 1.807) is 0 Å². The second-order valence-corrected chi connectivity index (χ2v) is 5.64. The van der Waals surface area contributed by atoms with Crippen molar-refractivity contribution in [2.75, 3.05) is 13.2 Å². The zero-order chi connectivity index (χ0) is 14.4. The van der Waals surface area contributed by atoms with Gasteiger partial charge in [0.1, 0.15) is 0 Å². The summed E-state index contributed by atoms with van der Waals surface area (Å²) in [5.41, 5.74) is 2.11. The lowest BCUT2D eigenvalue weighted by Crippen LogP contribution is -2.23. The van der Waals surface area contributed by atoms with Crippen LogP contribution in [-0.2, 0) is 6.54 Å². The van der Waals surface area contributed by atoms with Crippen LogP contribution in [0.3, 0.4) is 0 Å². The number of benzene rings is 1. The Morgan fingerprint density at radius 3 is 2.80 bits per heavy atom. The summed E-state index contributed by atoms with van der Waals surface area (Å²) in [5.74, 6) is 0.535. The molecule has 4 heteroatoms. The molecule has 1 aromatic carbocycles. The minimum Gasteiger partial charge on any atom is -0.396 e. The van der Waals surface area contributed by atoms with Crippen LogP contribution in [-0.4, -0.2) is 23.2 Å². The van der Waals surface area contributed by atoms with Crippen molar-refractivity contribution in [2.24, 2.45) is 5.92 Å². The molecule has 1 heterocycles. The summed E-state index contributed by atoms with van der Waals surface area (Å²) in [7, 11) is 0. The van der Waals surface area contributed by atoms with E-state index in [-0.39, 0.29) is 6.61 Å². The van der Waals surface area contributed by atoms with Crippen LogP contribution in [0, 0.1) is 5.92 Å². The Balaban J connectivity index is 1.93. The standard InChI is InChI=1S/C16H23ClN2O/c1-2-5-12(8-9-20)10-18-11-15-16(17)13-6-3-4-7-14(13)19-15/h3-4,6-7,12,18-20H,2,5,8-11H2,1H3. The smallest absolute Gasteiger partial charge is 0.0705 e. The lowest BCUT2D eigenvalue weighted by atomic mass is 10.0. The monoisotopic (exact) mass is 294 g/mol. The molecular weight excluding hydrogens is 272 g/mol. The highest BCUT2D eigenvalue weighted by Crippen LogP contribution is 2.27. The molecule has 110 valence electrons. The maximum absolute atomic E-state index is 9.06. The van der Waals surface area contributed by atoms with Gasteiger partial charge in [0.25, 0.3) is 0 Å². The number of halogens is 1. The van der Waals surface area contributed by atoms with Gasteiger partial charge in [0.2, 0.25) is 0 Å². The number of aliphatic hydroxyl groups excluding tert-OH is 1. The molecule has 2 rings (SSSR count). The molecule has 0 saturated carbocycles. The van der Waals surface area contributed by atoms with Crippen LogP contribution < -0.4 is 5.32 Å². The summed E-state index contributed by atoms with van der Waals surface area (Å²) in [6.45, 7) is 4.09. The van der Waals surface area contributed by atoms with Crippen LogP contribution >= 0.6 is 11.6 Å². The molecule has 1 atom stereocenters. The van der Waals surface area contributed by atoms with Crippen LogP contribution in [0.2, 0.25) is 5.02 Å². The first-order chi connectivity index (χ1) is 9.76. The van der Waals surface area contributed by atoms with Crippen molar-refractivity contribution in [2.45, 2.75) is 32.7 Å². The Bertz CT molecular complexity index is 532. The van der Waals surface area contributed by atoms with Crippen molar-refractivity contribution in [3.8, 4) is 0 Å². The van der Waals surface area contributed by atoms with Crippen molar-refractivity contribution >= 4 is 22.5 Å². The third-order valence-corrected chi connectivity index (χ3v) is 4.11. The van der Waals surface area contributed by atoms with Gasteiger partial charge >= 0.3 is 0 Å². The van der Waals surface area contributed by atoms with E-state index in [0.29, 0.717) is 5.92 Å². The molecule has 1 aromatic heterocycles. The van der Waals surface area contributed by atoms with Crippen molar-refractivity contribution in [1.29, 1.82) is 0 Å². The van der Waals surface area contributed by atoms with Gasteiger partial charge in [-0.15, -0.1) is 0 Å². The zero-order valence-electron chi connectivity index (χ0n) is 12.0. The highest BCUT2D eigenvalue weighted by atomic mass is 35.5. The summed E-state index contributed by atoms with van der Waals surface area (Å²) in [6, 6.07) is 8.07. The van der Waals surface area contributed by atoms with Gasteiger partial charge in [0.15, 0.2) is 0 Å². The number of aromatic nitrogens is 1. The van der Waals surface area contributed by atoms with Gasteiger partial charge in [-0.1, -0.05) is 43.1 Å². The maximum atomic E-state index is 9.06. The average Bonchev–Trinajstić information content (AvgIpc) is 2.77. The summed E-state index contributed by atoms with van der Waals surface area (Å²) in [5, 5.41) is 14.4. The topological polar surface area (TPSA) is 48.0 Å². The Hall–Kier alpha value is -1.03. The predicted molar refractivity (Wildman–Crippen MR) is 85.1 cm³/mol. The lowest BCUT2D eigenvalue weighted by molar-refractivity contribution is 0.248. The molecule has 0 aliphatic carbocycles. The Morgan fingerprint density at radius 1 is 1.30 bits per heavy atom. The Morgan fingerprint density at radius 2 is 2.10 bits per heavy atom. The van der Waals surface area contributed by atoms with E-state index in [4.69, 9.17) is 16.7 Å². The minimum atomic E-state index is 0.263. The number of rotatable bonds is 8. The van der Waals surface area contributed by atoms with E-state index in [1.807, 2.05) is 24.3 Å². The van der Waals surface area contributed by atoms with Crippen molar-refractivity contribution < 1.29 is 5.11 Å². The molecule has 0 aliphatic heterocycles. The molecule has 0 bridgehead atoms. The largest absolute Gasteiger partial charge is 0.396 e. The van der Waals surface area contributed by atoms with Crippen LogP contribution in [0.15, 0.2) is 24.3 Å². The number of nitrogens with one attached hydrogen (secondary N) is 2. The van der Waals surface area contributed by atoms with Crippen LogP contribution in [0.5, 0.6) is 0 Å². The van der Waals surface area contributed by atoms with Gasteiger partial charge < -0.3 is 15.4 Å². The minimum absolute atomic E-state index is 0.263. The van der Waals surface area contributed by atoms with Gasteiger partial charge in [-0.05, 0) is 31.4 Å². The number of hydrogen-bond acceptors (Lipinski definition) is 2.